The standard InChI is InChI=1S/C32H34ClF4N9O4/c1-3-23-27(42-10-12-43(13-11-42)28(49)26-24(47)7-4-8-38-26)29(50)46-31(40-30(41-46)44-9-5-6-19(34)16-44)45(23)17-25(48)39-22-15-21(33)20(14-18(22)2)32(35,36)37/h4,7-8,14-15,19,47H,3,5-6,9-13,16-17H2,1-2H3,(H,39,48)/t19-/m1/s1. The molecule has 13 nitrogen and oxygen atoms in total. The number of aromatic hydroxyl groups is 1. The van der Waals surface area contributed by atoms with Crippen LogP contribution in [0.15, 0.2) is 35.3 Å². The number of amides is 2. The zero-order valence-corrected chi connectivity index (χ0v) is 27.9. The summed E-state index contributed by atoms with van der Waals surface area (Å²) in [5.41, 5.74) is -0.758. The maximum atomic E-state index is 14.4. The fourth-order valence-corrected chi connectivity index (χ4v) is 6.64. The van der Waals surface area contributed by atoms with E-state index in [-0.39, 0.29) is 79.3 Å². The summed E-state index contributed by atoms with van der Waals surface area (Å²) in [4.78, 5) is 54.3. The van der Waals surface area contributed by atoms with E-state index in [2.05, 4.69) is 20.4 Å². The van der Waals surface area contributed by atoms with Gasteiger partial charge in [0.25, 0.3) is 11.5 Å². The molecule has 266 valence electrons. The Morgan fingerprint density at radius 3 is 2.52 bits per heavy atom. The number of alkyl halides is 4. The molecule has 1 atom stereocenters. The molecule has 0 aliphatic carbocycles. The summed E-state index contributed by atoms with van der Waals surface area (Å²) in [5, 5.41) is 16.6. The zero-order valence-electron chi connectivity index (χ0n) is 27.2. The minimum atomic E-state index is -4.68. The van der Waals surface area contributed by atoms with Gasteiger partial charge in [-0.1, -0.05) is 18.5 Å². The maximum Gasteiger partial charge on any atom is 0.417 e. The van der Waals surface area contributed by atoms with Crippen molar-refractivity contribution in [1.82, 2.24) is 29.0 Å². The number of carbonyl (C=O) groups is 2. The number of hydrogen-bond donors (Lipinski definition) is 2. The highest BCUT2D eigenvalue weighted by Gasteiger charge is 2.34. The van der Waals surface area contributed by atoms with Crippen molar-refractivity contribution in [2.24, 2.45) is 0 Å². The molecule has 0 bridgehead atoms. The Balaban J connectivity index is 1.36. The summed E-state index contributed by atoms with van der Waals surface area (Å²) in [6.45, 7) is 4.14. The number of carbonyl (C=O) groups excluding carboxylic acids is 2. The molecule has 50 heavy (non-hydrogen) atoms. The number of nitrogens with zero attached hydrogens (tertiary/aromatic N) is 8. The van der Waals surface area contributed by atoms with E-state index < -0.39 is 46.9 Å². The molecule has 0 radical (unpaired) electrons. The Kier molecular flexibility index (Phi) is 9.61. The number of hydrogen-bond acceptors (Lipinski definition) is 9. The van der Waals surface area contributed by atoms with Crippen molar-refractivity contribution < 1.29 is 32.3 Å². The number of anilines is 3. The lowest BCUT2D eigenvalue weighted by atomic mass is 10.1. The molecule has 4 aromatic rings. The third kappa shape index (κ3) is 6.78. The first-order chi connectivity index (χ1) is 23.8. The fraction of sp³-hybridized carbons (Fsp3) is 0.438. The van der Waals surface area contributed by atoms with E-state index >= 15 is 0 Å². The van der Waals surface area contributed by atoms with Gasteiger partial charge in [0.05, 0.1) is 22.8 Å². The van der Waals surface area contributed by atoms with Gasteiger partial charge < -0.3 is 29.7 Å². The van der Waals surface area contributed by atoms with Crippen LogP contribution in [0.2, 0.25) is 5.02 Å². The quantitative estimate of drug-likeness (QED) is 0.271. The van der Waals surface area contributed by atoms with E-state index in [0.29, 0.717) is 25.1 Å². The van der Waals surface area contributed by atoms with Gasteiger partial charge in [0.15, 0.2) is 5.69 Å². The lowest BCUT2D eigenvalue weighted by Crippen LogP contribution is -2.51. The third-order valence-electron chi connectivity index (χ3n) is 8.86. The van der Waals surface area contributed by atoms with Crippen LogP contribution in [0.1, 0.15) is 47.1 Å². The van der Waals surface area contributed by atoms with Crippen molar-refractivity contribution in [3.05, 3.63) is 68.4 Å². The molecule has 5 heterocycles. The normalized spacial score (nSPS) is 17.0. The number of piperidine rings is 1. The van der Waals surface area contributed by atoms with E-state index in [9.17, 15) is 37.1 Å². The van der Waals surface area contributed by atoms with Crippen molar-refractivity contribution >= 4 is 46.5 Å². The van der Waals surface area contributed by atoms with Crippen molar-refractivity contribution in [3.63, 3.8) is 0 Å². The molecule has 2 amide bonds. The minimum absolute atomic E-state index is 0.0309. The summed E-state index contributed by atoms with van der Waals surface area (Å²) in [5.74, 6) is -1.19. The van der Waals surface area contributed by atoms with Gasteiger partial charge in [-0.3, -0.25) is 14.4 Å². The van der Waals surface area contributed by atoms with Crippen LogP contribution in [0, 0.1) is 6.92 Å². The SMILES string of the molecule is CCc1c(N2CCN(C(=O)c3ncccc3O)CC2)c(=O)n2nc(N3CCC[C@@H](F)C3)nc2n1CC(=O)Nc1cc(Cl)c(C(F)(F)F)cc1C. The first kappa shape index (κ1) is 34.9. The molecule has 2 saturated heterocycles. The number of benzene rings is 1. The van der Waals surface area contributed by atoms with Crippen LogP contribution < -0.4 is 20.7 Å². The molecule has 2 aliphatic heterocycles. The van der Waals surface area contributed by atoms with Crippen LogP contribution in [0.4, 0.5) is 34.9 Å². The van der Waals surface area contributed by atoms with Gasteiger partial charge in [-0.15, -0.1) is 5.10 Å². The number of aromatic nitrogens is 5. The Morgan fingerprint density at radius 1 is 1.12 bits per heavy atom. The number of piperazine rings is 1. The monoisotopic (exact) mass is 719 g/mol. The summed E-state index contributed by atoms with van der Waals surface area (Å²) in [6, 6.07) is 4.77. The molecular weight excluding hydrogens is 686 g/mol. The molecule has 1 aromatic carbocycles. The zero-order chi connectivity index (χ0) is 35.9. The molecule has 2 N–H and O–H groups in total. The number of nitrogens with one attached hydrogen (secondary N) is 1. The summed E-state index contributed by atoms with van der Waals surface area (Å²) in [6.07, 6.45) is -3.17. The largest absolute Gasteiger partial charge is 0.505 e. The first-order valence-electron chi connectivity index (χ1n) is 16.0. The predicted octanol–water partition coefficient (Wildman–Crippen LogP) is 4.07. The Morgan fingerprint density at radius 2 is 1.86 bits per heavy atom. The molecule has 2 fully saturated rings. The number of fused-ring (bicyclic) bond motifs is 1. The van der Waals surface area contributed by atoms with Crippen molar-refractivity contribution in [2.75, 3.05) is 54.4 Å². The molecule has 0 saturated carbocycles. The fourth-order valence-electron chi connectivity index (χ4n) is 6.37. The molecule has 3 aromatic heterocycles. The van der Waals surface area contributed by atoms with Crippen LogP contribution in [0.25, 0.3) is 5.78 Å². The first-order valence-corrected chi connectivity index (χ1v) is 16.4. The average Bonchev–Trinajstić information content (AvgIpc) is 3.53. The van der Waals surface area contributed by atoms with E-state index in [0.717, 1.165) is 16.6 Å². The van der Waals surface area contributed by atoms with Crippen LogP contribution in [-0.2, 0) is 23.9 Å². The molecule has 0 unspecified atom stereocenters. The lowest BCUT2D eigenvalue weighted by Gasteiger charge is -2.36. The summed E-state index contributed by atoms with van der Waals surface area (Å²) >= 11 is 5.93. The molecule has 6 rings (SSSR count). The number of rotatable bonds is 7. The van der Waals surface area contributed by atoms with Gasteiger partial charge in [0.1, 0.15) is 24.2 Å². The molecule has 0 spiro atoms. The second-order valence-corrected chi connectivity index (χ2v) is 12.6. The summed E-state index contributed by atoms with van der Waals surface area (Å²) in [7, 11) is 0. The average molecular weight is 720 g/mol. The lowest BCUT2D eigenvalue weighted by molar-refractivity contribution is -0.137. The van der Waals surface area contributed by atoms with E-state index in [4.69, 9.17) is 11.6 Å². The Hall–Kier alpha value is -4.93. The highest BCUT2D eigenvalue weighted by Crippen LogP contribution is 2.37. The predicted molar refractivity (Wildman–Crippen MR) is 177 cm³/mol. The van der Waals surface area contributed by atoms with E-state index in [1.54, 1.807) is 16.7 Å². The Bertz CT molecular complexity index is 2010. The van der Waals surface area contributed by atoms with Gasteiger partial charge in [0, 0.05) is 44.6 Å². The second-order valence-electron chi connectivity index (χ2n) is 12.2. The summed E-state index contributed by atoms with van der Waals surface area (Å²) < 4.78 is 57.2. The third-order valence-corrected chi connectivity index (χ3v) is 9.18. The molecular formula is C32H34ClF4N9O4. The second kappa shape index (κ2) is 13.8. The highest BCUT2D eigenvalue weighted by molar-refractivity contribution is 6.31. The van der Waals surface area contributed by atoms with Crippen LogP contribution in [0.5, 0.6) is 5.75 Å². The number of pyridine rings is 1. The van der Waals surface area contributed by atoms with Crippen LogP contribution in [0.3, 0.4) is 0 Å². The van der Waals surface area contributed by atoms with Crippen molar-refractivity contribution in [1.29, 1.82) is 0 Å². The maximum absolute atomic E-state index is 14.4. The van der Waals surface area contributed by atoms with E-state index in [1.807, 2.05) is 0 Å². The van der Waals surface area contributed by atoms with Gasteiger partial charge in [0.2, 0.25) is 17.6 Å². The Labute approximate surface area is 288 Å². The van der Waals surface area contributed by atoms with E-state index in [1.165, 1.54) is 34.7 Å². The van der Waals surface area contributed by atoms with Gasteiger partial charge in [-0.25, -0.2) is 9.37 Å². The van der Waals surface area contributed by atoms with Gasteiger partial charge in [-0.05, 0) is 56.0 Å². The highest BCUT2D eigenvalue weighted by atomic mass is 35.5. The molecule has 18 heteroatoms. The number of aryl methyl sites for hydroxylation is 1. The number of halogens is 5. The smallest absolute Gasteiger partial charge is 0.417 e. The van der Waals surface area contributed by atoms with Crippen molar-refractivity contribution in [2.45, 2.75) is 52.0 Å². The molecule has 2 aliphatic rings. The topological polar surface area (TPSA) is 141 Å². The van der Waals surface area contributed by atoms with Crippen LogP contribution >= 0.6 is 11.6 Å². The van der Waals surface area contributed by atoms with Crippen molar-refractivity contribution in [3.8, 4) is 5.75 Å². The van der Waals surface area contributed by atoms with Gasteiger partial charge in [-0.2, -0.15) is 22.7 Å². The van der Waals surface area contributed by atoms with Crippen LogP contribution in [-0.4, -0.2) is 91.4 Å². The minimum Gasteiger partial charge on any atom is -0.505 e. The van der Waals surface area contributed by atoms with Gasteiger partial charge >= 0.3 is 6.18 Å².